The number of carbonyl (C=O) groups excluding carboxylic acids is 2. The molecule has 5 heteroatoms. The highest BCUT2D eigenvalue weighted by Crippen LogP contribution is 2.07. The van der Waals surface area contributed by atoms with Crippen molar-refractivity contribution in [3.8, 4) is 0 Å². The number of rotatable bonds is 9. The summed E-state index contributed by atoms with van der Waals surface area (Å²) in [6.07, 6.45) is 0.997. The second kappa shape index (κ2) is 10.5. The summed E-state index contributed by atoms with van der Waals surface area (Å²) in [5, 5.41) is 5.73. The monoisotopic (exact) mass is 367 g/mol. The second-order valence-corrected chi connectivity index (χ2v) is 7.19. The van der Waals surface area contributed by atoms with Gasteiger partial charge in [-0.2, -0.15) is 0 Å². The van der Waals surface area contributed by atoms with Crippen LogP contribution >= 0.6 is 0 Å². The largest absolute Gasteiger partial charge is 0.350 e. The molecule has 144 valence electrons. The third-order valence-corrected chi connectivity index (χ3v) is 4.28. The fourth-order valence-corrected chi connectivity index (χ4v) is 2.85. The zero-order chi connectivity index (χ0) is 19.6. The molecule has 0 aromatic heterocycles. The SMILES string of the molecule is CC(C)C[C@H](NC(=O)[C@H](N)Cc1ccccc1)C(=O)NCc1ccccc1. The van der Waals surface area contributed by atoms with Crippen LogP contribution in [-0.2, 0) is 22.6 Å². The molecule has 0 aliphatic carbocycles. The number of nitrogens with one attached hydrogen (secondary N) is 2. The van der Waals surface area contributed by atoms with Gasteiger partial charge in [0, 0.05) is 6.54 Å². The minimum Gasteiger partial charge on any atom is -0.350 e. The van der Waals surface area contributed by atoms with E-state index in [1.54, 1.807) is 0 Å². The van der Waals surface area contributed by atoms with E-state index in [0.717, 1.165) is 11.1 Å². The molecule has 4 N–H and O–H groups in total. The van der Waals surface area contributed by atoms with Gasteiger partial charge in [0.05, 0.1) is 6.04 Å². The topological polar surface area (TPSA) is 84.2 Å². The maximum atomic E-state index is 12.6. The van der Waals surface area contributed by atoms with Gasteiger partial charge in [0.15, 0.2) is 0 Å². The molecule has 2 rings (SSSR count). The lowest BCUT2D eigenvalue weighted by Crippen LogP contribution is -2.52. The first kappa shape index (κ1) is 20.6. The second-order valence-electron chi connectivity index (χ2n) is 7.19. The van der Waals surface area contributed by atoms with Gasteiger partial charge in [-0.25, -0.2) is 0 Å². The third-order valence-electron chi connectivity index (χ3n) is 4.28. The highest BCUT2D eigenvalue weighted by atomic mass is 16.2. The van der Waals surface area contributed by atoms with E-state index in [9.17, 15) is 9.59 Å². The average Bonchev–Trinajstić information content (AvgIpc) is 2.66. The Morgan fingerprint density at radius 1 is 0.889 bits per heavy atom. The summed E-state index contributed by atoms with van der Waals surface area (Å²) in [6.45, 7) is 4.47. The van der Waals surface area contributed by atoms with Gasteiger partial charge in [0.25, 0.3) is 0 Å². The quantitative estimate of drug-likeness (QED) is 0.636. The molecule has 5 nitrogen and oxygen atoms in total. The van der Waals surface area contributed by atoms with Crippen LogP contribution in [-0.4, -0.2) is 23.9 Å². The minimum absolute atomic E-state index is 0.187. The van der Waals surface area contributed by atoms with Gasteiger partial charge in [0.2, 0.25) is 11.8 Å². The van der Waals surface area contributed by atoms with Gasteiger partial charge in [-0.05, 0) is 29.9 Å². The Kier molecular flexibility index (Phi) is 8.01. The molecule has 0 aliphatic heterocycles. The number of hydrogen-bond donors (Lipinski definition) is 3. The van der Waals surface area contributed by atoms with E-state index in [2.05, 4.69) is 10.6 Å². The van der Waals surface area contributed by atoms with E-state index in [1.807, 2.05) is 74.5 Å². The highest BCUT2D eigenvalue weighted by Gasteiger charge is 2.24. The van der Waals surface area contributed by atoms with Crippen molar-refractivity contribution in [1.82, 2.24) is 10.6 Å². The van der Waals surface area contributed by atoms with E-state index in [0.29, 0.717) is 19.4 Å². The Morgan fingerprint density at radius 3 is 2.00 bits per heavy atom. The van der Waals surface area contributed by atoms with Crippen molar-refractivity contribution in [2.24, 2.45) is 11.7 Å². The summed E-state index contributed by atoms with van der Waals surface area (Å²) in [5.74, 6) is -0.227. The van der Waals surface area contributed by atoms with Gasteiger partial charge in [-0.1, -0.05) is 74.5 Å². The Morgan fingerprint density at radius 2 is 1.44 bits per heavy atom. The minimum atomic E-state index is -0.691. The maximum Gasteiger partial charge on any atom is 0.242 e. The van der Waals surface area contributed by atoms with E-state index < -0.39 is 12.1 Å². The van der Waals surface area contributed by atoms with Gasteiger partial charge in [0.1, 0.15) is 6.04 Å². The summed E-state index contributed by atoms with van der Waals surface area (Å²) < 4.78 is 0. The maximum absolute atomic E-state index is 12.6. The molecule has 0 bridgehead atoms. The number of benzene rings is 2. The molecule has 2 amide bonds. The fourth-order valence-electron chi connectivity index (χ4n) is 2.85. The smallest absolute Gasteiger partial charge is 0.242 e. The molecule has 2 aromatic rings. The first-order valence-electron chi connectivity index (χ1n) is 9.37. The summed E-state index contributed by atoms with van der Waals surface area (Å²) >= 11 is 0. The van der Waals surface area contributed by atoms with Crippen LogP contribution in [0.3, 0.4) is 0 Å². The van der Waals surface area contributed by atoms with Crippen LogP contribution in [0, 0.1) is 5.92 Å². The van der Waals surface area contributed by atoms with Crippen LogP contribution in [0.4, 0.5) is 0 Å². The van der Waals surface area contributed by atoms with Crippen LogP contribution in [0.15, 0.2) is 60.7 Å². The van der Waals surface area contributed by atoms with Crippen LogP contribution in [0.2, 0.25) is 0 Å². The lowest BCUT2D eigenvalue weighted by molar-refractivity contribution is -0.130. The number of hydrogen-bond acceptors (Lipinski definition) is 3. The summed E-state index contributed by atoms with van der Waals surface area (Å²) in [4.78, 5) is 25.1. The zero-order valence-corrected chi connectivity index (χ0v) is 16.0. The van der Waals surface area contributed by atoms with Crippen LogP contribution < -0.4 is 16.4 Å². The molecule has 27 heavy (non-hydrogen) atoms. The van der Waals surface area contributed by atoms with Crippen molar-refractivity contribution in [3.05, 3.63) is 71.8 Å². The van der Waals surface area contributed by atoms with Crippen LogP contribution in [0.25, 0.3) is 0 Å². The van der Waals surface area contributed by atoms with Crippen molar-refractivity contribution in [1.29, 1.82) is 0 Å². The van der Waals surface area contributed by atoms with E-state index in [1.165, 1.54) is 0 Å². The number of nitrogens with two attached hydrogens (primary N) is 1. The Bertz CT molecular complexity index is 717. The predicted octanol–water partition coefficient (Wildman–Crippen LogP) is 2.40. The molecule has 0 unspecified atom stereocenters. The Labute approximate surface area is 161 Å². The third kappa shape index (κ3) is 7.23. The molecular weight excluding hydrogens is 338 g/mol. The van der Waals surface area contributed by atoms with Crippen molar-refractivity contribution < 1.29 is 9.59 Å². The summed E-state index contributed by atoms with van der Waals surface area (Å²) in [7, 11) is 0. The molecule has 0 spiro atoms. The fraction of sp³-hybridized carbons (Fsp3) is 0.364. The zero-order valence-electron chi connectivity index (χ0n) is 16.0. The molecule has 0 heterocycles. The lowest BCUT2D eigenvalue weighted by Gasteiger charge is -2.22. The van der Waals surface area contributed by atoms with E-state index >= 15 is 0 Å². The Hall–Kier alpha value is -2.66. The molecule has 0 radical (unpaired) electrons. The van der Waals surface area contributed by atoms with Crippen molar-refractivity contribution >= 4 is 11.8 Å². The number of carbonyl (C=O) groups is 2. The highest BCUT2D eigenvalue weighted by molar-refractivity contribution is 5.89. The average molecular weight is 367 g/mol. The molecule has 0 aliphatic rings. The van der Waals surface area contributed by atoms with E-state index in [4.69, 9.17) is 5.73 Å². The van der Waals surface area contributed by atoms with Crippen LogP contribution in [0.5, 0.6) is 0 Å². The molecule has 2 atom stereocenters. The molecule has 0 saturated heterocycles. The summed E-state index contributed by atoms with van der Waals surface area (Å²) in [5.41, 5.74) is 8.06. The number of amides is 2. The van der Waals surface area contributed by atoms with Gasteiger partial charge in [-0.15, -0.1) is 0 Å². The normalized spacial score (nSPS) is 13.0. The lowest BCUT2D eigenvalue weighted by atomic mass is 10.0. The molecule has 2 aromatic carbocycles. The van der Waals surface area contributed by atoms with Gasteiger partial charge < -0.3 is 16.4 Å². The molecular formula is C22H29N3O2. The summed E-state index contributed by atoms with van der Waals surface area (Å²) in [6, 6.07) is 18.0. The molecule has 0 fully saturated rings. The van der Waals surface area contributed by atoms with Crippen molar-refractivity contribution in [2.45, 2.75) is 45.3 Å². The van der Waals surface area contributed by atoms with Crippen LogP contribution in [0.1, 0.15) is 31.4 Å². The molecule has 0 saturated carbocycles. The first-order chi connectivity index (χ1) is 13.0. The van der Waals surface area contributed by atoms with E-state index in [-0.39, 0.29) is 17.7 Å². The van der Waals surface area contributed by atoms with Gasteiger partial charge in [-0.3, -0.25) is 9.59 Å². The van der Waals surface area contributed by atoms with Crippen molar-refractivity contribution in [3.63, 3.8) is 0 Å². The van der Waals surface area contributed by atoms with Crippen molar-refractivity contribution in [2.75, 3.05) is 0 Å². The van der Waals surface area contributed by atoms with Gasteiger partial charge >= 0.3 is 0 Å². The predicted molar refractivity (Wildman–Crippen MR) is 108 cm³/mol. The first-order valence-corrected chi connectivity index (χ1v) is 9.37. The standard InChI is InChI=1S/C22H29N3O2/c1-16(2)13-20(22(27)24-15-18-11-7-4-8-12-18)25-21(26)19(23)14-17-9-5-3-6-10-17/h3-12,16,19-20H,13-15,23H2,1-2H3,(H,24,27)(H,25,26)/t19-,20+/m1/s1. The Balaban J connectivity index is 1.93.